The summed E-state index contributed by atoms with van der Waals surface area (Å²) < 4.78 is 2.47. The number of hydrogen-bond donors (Lipinski definition) is 0. The lowest BCUT2D eigenvalue weighted by atomic mass is 9.92. The lowest BCUT2D eigenvalue weighted by Gasteiger charge is -2.21. The van der Waals surface area contributed by atoms with Crippen molar-refractivity contribution in [2.24, 2.45) is 4.99 Å². The van der Waals surface area contributed by atoms with E-state index < -0.39 is 0 Å². The van der Waals surface area contributed by atoms with E-state index in [4.69, 9.17) is 4.98 Å². The third kappa shape index (κ3) is 4.66. The van der Waals surface area contributed by atoms with E-state index in [1.807, 2.05) is 54.9 Å². The quantitative estimate of drug-likeness (QED) is 0.146. The van der Waals surface area contributed by atoms with Crippen LogP contribution in [-0.2, 0) is 6.54 Å². The van der Waals surface area contributed by atoms with Crippen molar-refractivity contribution < 1.29 is 0 Å². The average molecular weight is 580 g/mol. The van der Waals surface area contributed by atoms with Gasteiger partial charge in [-0.1, -0.05) is 48.5 Å². The minimum Gasteiger partial charge on any atom is -0.335 e. The zero-order valence-corrected chi connectivity index (χ0v) is 24.9. The molecule has 214 valence electrons. The molecule has 4 aromatic heterocycles. The van der Waals surface area contributed by atoms with Crippen molar-refractivity contribution >= 4 is 39.8 Å². The molecule has 1 aliphatic heterocycles. The lowest BCUT2D eigenvalue weighted by molar-refractivity contribution is 0.860. The second-order valence-electron chi connectivity index (χ2n) is 11.3. The van der Waals surface area contributed by atoms with E-state index in [0.29, 0.717) is 0 Å². The predicted octanol–water partition coefficient (Wildman–Crippen LogP) is 9.49. The van der Waals surface area contributed by atoms with Gasteiger partial charge in [-0.25, -0.2) is 0 Å². The number of aromatic nitrogens is 4. The minimum atomic E-state index is 0.743. The molecule has 45 heavy (non-hydrogen) atoms. The maximum absolute atomic E-state index is 4.91. The molecule has 0 unspecified atom stereocenters. The molecular weight excluding hydrogens is 550 g/mol. The number of hydrogen-bond acceptors (Lipinski definition) is 4. The van der Waals surface area contributed by atoms with Gasteiger partial charge < -0.3 is 4.57 Å². The summed E-state index contributed by atoms with van der Waals surface area (Å²) in [6, 6.07) is 36.1. The summed E-state index contributed by atoms with van der Waals surface area (Å²) in [5, 5.41) is 2.46. The van der Waals surface area contributed by atoms with Crippen LogP contribution in [0.15, 0.2) is 139 Å². The molecule has 0 radical (unpaired) electrons. The zero-order chi connectivity index (χ0) is 30.3. The third-order valence-corrected chi connectivity index (χ3v) is 8.66. The first kappa shape index (κ1) is 26.7. The highest BCUT2D eigenvalue weighted by Gasteiger charge is 2.23. The summed E-state index contributed by atoms with van der Waals surface area (Å²) in [5.41, 5.74) is 14.1. The van der Waals surface area contributed by atoms with E-state index in [9.17, 15) is 0 Å². The van der Waals surface area contributed by atoms with Crippen LogP contribution < -0.4 is 0 Å². The first-order chi connectivity index (χ1) is 22.2. The van der Waals surface area contributed by atoms with Crippen molar-refractivity contribution in [2.45, 2.75) is 13.5 Å². The minimum absolute atomic E-state index is 0.743. The zero-order valence-electron chi connectivity index (χ0n) is 24.9. The van der Waals surface area contributed by atoms with Crippen molar-refractivity contribution in [1.82, 2.24) is 19.5 Å². The number of aliphatic imine (C=N–C) groups is 1. The second-order valence-corrected chi connectivity index (χ2v) is 11.3. The van der Waals surface area contributed by atoms with Crippen LogP contribution in [0.4, 0.5) is 0 Å². The summed E-state index contributed by atoms with van der Waals surface area (Å²) >= 11 is 0. The molecule has 8 rings (SSSR count). The van der Waals surface area contributed by atoms with Gasteiger partial charge in [-0.3, -0.25) is 19.9 Å². The molecule has 0 saturated carbocycles. The summed E-state index contributed by atoms with van der Waals surface area (Å²) in [7, 11) is 0. The van der Waals surface area contributed by atoms with Crippen LogP contribution in [0, 0.1) is 0 Å². The van der Waals surface area contributed by atoms with Gasteiger partial charge in [-0.15, -0.1) is 0 Å². The Hall–Kier alpha value is -5.94. The molecule has 5 heterocycles. The van der Waals surface area contributed by atoms with Gasteiger partial charge in [-0.05, 0) is 103 Å². The standard InChI is InChI=1S/C40H29N5/c1-26(13-16-37(41-2)38-12-6-8-20-43-38)27-15-18-39-32(21-27)34-23-30(36-17-14-28(24-44-36)35-11-5-7-19-42-35)22-33-31-10-4-3-9-29(31)25-45(39)40(33)34/h3-24H,2,25H2,1H3/b26-13+,37-16-. The van der Waals surface area contributed by atoms with Gasteiger partial charge >= 0.3 is 0 Å². The van der Waals surface area contributed by atoms with Crippen LogP contribution in [0.3, 0.4) is 0 Å². The molecule has 0 amide bonds. The van der Waals surface area contributed by atoms with Crippen molar-refractivity contribution in [2.75, 3.05) is 0 Å². The molecule has 0 bridgehead atoms. The Balaban J connectivity index is 1.28. The molecule has 0 spiro atoms. The van der Waals surface area contributed by atoms with Gasteiger partial charge in [0.15, 0.2) is 0 Å². The van der Waals surface area contributed by atoms with Gasteiger partial charge in [0.1, 0.15) is 0 Å². The molecule has 0 fully saturated rings. The highest BCUT2D eigenvalue weighted by atomic mass is 15.0. The Morgan fingerprint density at radius 3 is 2.33 bits per heavy atom. The Labute approximate surface area is 261 Å². The highest BCUT2D eigenvalue weighted by Crippen LogP contribution is 2.44. The monoisotopic (exact) mass is 579 g/mol. The first-order valence-corrected chi connectivity index (χ1v) is 15.0. The Kier molecular flexibility index (Phi) is 6.50. The van der Waals surface area contributed by atoms with Crippen molar-refractivity contribution in [3.8, 4) is 33.6 Å². The second kappa shape index (κ2) is 11.0. The van der Waals surface area contributed by atoms with Gasteiger partial charge in [0.25, 0.3) is 0 Å². The number of benzene rings is 3. The average Bonchev–Trinajstić information content (AvgIpc) is 3.42. The molecular formula is C40H29N5. The maximum atomic E-state index is 4.91. The molecule has 5 heteroatoms. The fourth-order valence-corrected chi connectivity index (χ4v) is 6.38. The van der Waals surface area contributed by atoms with Crippen LogP contribution in [0.2, 0.25) is 0 Å². The van der Waals surface area contributed by atoms with E-state index >= 15 is 0 Å². The molecule has 0 aliphatic carbocycles. The SMILES string of the molecule is C=N/C(=C\C=C(/C)c1ccc2c(c1)c1cc(-c3ccc(-c4ccccn4)cn3)cc3c1n2Cc1ccccc1-3)c1ccccn1. The third-order valence-electron chi connectivity index (χ3n) is 8.66. The number of fused-ring (bicyclic) bond motifs is 5. The largest absolute Gasteiger partial charge is 0.335 e. The Morgan fingerprint density at radius 2 is 1.56 bits per heavy atom. The smallest absolute Gasteiger partial charge is 0.0885 e. The van der Waals surface area contributed by atoms with Crippen molar-refractivity contribution in [3.63, 3.8) is 0 Å². The van der Waals surface area contributed by atoms with Crippen LogP contribution in [0.25, 0.3) is 66.7 Å². The fraction of sp³-hybridized carbons (Fsp3) is 0.0500. The molecule has 0 N–H and O–H groups in total. The van der Waals surface area contributed by atoms with E-state index in [0.717, 1.165) is 51.6 Å². The Bertz CT molecular complexity index is 2290. The number of pyridine rings is 3. The van der Waals surface area contributed by atoms with Gasteiger partial charge in [0.05, 0.1) is 28.3 Å². The topological polar surface area (TPSA) is 56.0 Å². The first-order valence-electron chi connectivity index (χ1n) is 15.0. The molecule has 5 nitrogen and oxygen atoms in total. The molecule has 3 aromatic carbocycles. The molecule has 1 aliphatic rings. The Morgan fingerprint density at radius 1 is 0.733 bits per heavy atom. The maximum Gasteiger partial charge on any atom is 0.0885 e. The van der Waals surface area contributed by atoms with Crippen LogP contribution in [0.5, 0.6) is 0 Å². The van der Waals surface area contributed by atoms with E-state index in [-0.39, 0.29) is 0 Å². The summed E-state index contributed by atoms with van der Waals surface area (Å²) in [6.45, 7) is 6.74. The molecule has 7 aromatic rings. The predicted molar refractivity (Wildman–Crippen MR) is 186 cm³/mol. The van der Waals surface area contributed by atoms with Crippen molar-refractivity contribution in [3.05, 3.63) is 151 Å². The van der Waals surface area contributed by atoms with Crippen LogP contribution in [0.1, 0.15) is 23.7 Å². The molecule has 0 saturated heterocycles. The summed E-state index contributed by atoms with van der Waals surface area (Å²) in [6.07, 6.45) is 9.58. The van der Waals surface area contributed by atoms with Gasteiger partial charge in [0.2, 0.25) is 0 Å². The molecule has 0 atom stereocenters. The number of allylic oxidation sites excluding steroid dienone is 3. The fourth-order valence-electron chi connectivity index (χ4n) is 6.38. The van der Waals surface area contributed by atoms with E-state index in [2.05, 4.69) is 106 Å². The van der Waals surface area contributed by atoms with Crippen LogP contribution >= 0.6 is 0 Å². The normalized spacial score (nSPS) is 12.8. The highest BCUT2D eigenvalue weighted by molar-refractivity contribution is 6.15. The number of nitrogens with zero attached hydrogens (tertiary/aromatic N) is 5. The van der Waals surface area contributed by atoms with Gasteiger partial charge in [0, 0.05) is 58.1 Å². The summed E-state index contributed by atoms with van der Waals surface area (Å²) in [4.78, 5) is 18.0. The van der Waals surface area contributed by atoms with Crippen LogP contribution in [-0.4, -0.2) is 26.2 Å². The van der Waals surface area contributed by atoms with E-state index in [1.54, 1.807) is 6.20 Å². The summed E-state index contributed by atoms with van der Waals surface area (Å²) in [5.74, 6) is 0. The lowest BCUT2D eigenvalue weighted by Crippen LogP contribution is -2.07. The van der Waals surface area contributed by atoms with Gasteiger partial charge in [-0.2, -0.15) is 0 Å². The van der Waals surface area contributed by atoms with E-state index in [1.165, 1.54) is 38.5 Å². The number of rotatable bonds is 6. The van der Waals surface area contributed by atoms with Crippen molar-refractivity contribution in [1.29, 1.82) is 0 Å².